The van der Waals surface area contributed by atoms with Crippen molar-refractivity contribution in [2.24, 2.45) is 0 Å². The second-order valence-corrected chi connectivity index (χ2v) is 5.90. The third-order valence-corrected chi connectivity index (χ3v) is 4.07. The molecule has 5 nitrogen and oxygen atoms in total. The maximum absolute atomic E-state index is 11.7. The Hall–Kier alpha value is -0.560. The molecule has 15 heavy (non-hydrogen) atoms. The van der Waals surface area contributed by atoms with E-state index in [2.05, 4.69) is 0 Å². The molecule has 0 saturated heterocycles. The molecule has 0 aromatic heterocycles. The van der Waals surface area contributed by atoms with Crippen molar-refractivity contribution in [1.82, 2.24) is 4.13 Å². The monoisotopic (exact) mass is 279 g/mol. The molecule has 0 aliphatic rings. The Morgan fingerprint density at radius 2 is 1.00 bits per heavy atom. The van der Waals surface area contributed by atoms with E-state index < -0.39 is 30.8 Å². The average molecular weight is 279 g/mol. The normalized spacial score (nSPS) is 21.7. The first-order valence-electron chi connectivity index (χ1n) is 2.69. The second-order valence-electron chi connectivity index (χ2n) is 2.09. The summed E-state index contributed by atoms with van der Waals surface area (Å²) >= 11 is 0. The molecule has 0 aromatic rings. The molecule has 0 saturated carbocycles. The van der Waals surface area contributed by atoms with Gasteiger partial charge in [0.1, 0.15) is 0 Å². The fourth-order valence-electron chi connectivity index (χ4n) is 0.260. The van der Waals surface area contributed by atoms with Crippen molar-refractivity contribution in [3.05, 3.63) is 0 Å². The highest BCUT2D eigenvalue weighted by Crippen LogP contribution is 2.28. The molecule has 13 heteroatoms. The van der Waals surface area contributed by atoms with Gasteiger partial charge in [0.2, 0.25) is 19.8 Å². The van der Waals surface area contributed by atoms with Crippen LogP contribution in [0.3, 0.4) is 0 Å². The molecular formula is C2H3F6N3O2S2. The quantitative estimate of drug-likeness (QED) is 0.669. The highest BCUT2D eigenvalue weighted by Gasteiger charge is 2.50. The molecule has 92 valence electrons. The Kier molecular flexibility index (Phi) is 3.35. The maximum Gasteiger partial charge on any atom is 0.493 e. The standard InChI is InChI=1S/C2H3F6N3O2S2/c3-1(4,5)14(9,12)11-15(10,13)2(6,7)8/h(H3,9,10,11,12,13). The largest absolute Gasteiger partial charge is 0.493 e. The highest BCUT2D eigenvalue weighted by molar-refractivity contribution is 8.06. The topological polar surface area (TPSA) is 93.9 Å². The van der Waals surface area contributed by atoms with E-state index >= 15 is 0 Å². The molecule has 0 aliphatic carbocycles. The van der Waals surface area contributed by atoms with Crippen molar-refractivity contribution < 1.29 is 34.8 Å². The number of rotatable bonds is 2. The fourth-order valence-corrected chi connectivity index (χ4v) is 2.34. The molecule has 0 aromatic carbocycles. The minimum absolute atomic E-state index is 0.0486. The predicted octanol–water partition coefficient (Wildman–Crippen LogP) is 1.54. The van der Waals surface area contributed by atoms with E-state index in [0.717, 1.165) is 0 Å². The smallest absolute Gasteiger partial charge is 0.232 e. The molecule has 0 bridgehead atoms. The van der Waals surface area contributed by atoms with Crippen LogP contribution >= 0.6 is 0 Å². The van der Waals surface area contributed by atoms with Crippen LogP contribution < -0.4 is 4.13 Å². The van der Waals surface area contributed by atoms with Gasteiger partial charge >= 0.3 is 11.0 Å². The molecule has 0 heterocycles. The van der Waals surface area contributed by atoms with E-state index in [9.17, 15) is 34.8 Å². The van der Waals surface area contributed by atoms with Gasteiger partial charge in [-0.1, -0.05) is 0 Å². The molecule has 0 radical (unpaired) electrons. The molecule has 0 rings (SSSR count). The van der Waals surface area contributed by atoms with E-state index in [1.54, 1.807) is 0 Å². The van der Waals surface area contributed by atoms with Gasteiger partial charge in [-0.3, -0.25) is 0 Å². The van der Waals surface area contributed by atoms with Crippen LogP contribution in [0.15, 0.2) is 0 Å². The zero-order valence-corrected chi connectivity index (χ0v) is 8.03. The average Bonchev–Trinajstić information content (AvgIpc) is 1.77. The third kappa shape index (κ3) is 3.20. The van der Waals surface area contributed by atoms with Gasteiger partial charge in [-0.2, -0.15) is 26.3 Å². The molecule has 0 unspecified atom stereocenters. The summed E-state index contributed by atoms with van der Waals surface area (Å²) in [5.74, 6) is 0. The molecule has 0 spiro atoms. The minimum atomic E-state index is -5.97. The number of hydrogen-bond donors (Lipinski definition) is 3. The van der Waals surface area contributed by atoms with Gasteiger partial charge in [0.05, 0.1) is 0 Å². The molecule has 0 fully saturated rings. The van der Waals surface area contributed by atoms with Gasteiger partial charge in [-0.15, -0.1) is 4.13 Å². The summed E-state index contributed by atoms with van der Waals surface area (Å²) in [6.07, 6.45) is 0. The van der Waals surface area contributed by atoms with E-state index in [4.69, 9.17) is 9.56 Å². The Morgan fingerprint density at radius 3 is 1.13 bits per heavy atom. The SMILES string of the molecule is N=S(=O)(NS(=N)(=O)C(F)(F)F)C(F)(F)F. The zero-order valence-electron chi connectivity index (χ0n) is 6.40. The lowest BCUT2D eigenvalue weighted by Gasteiger charge is -2.16. The lowest BCUT2D eigenvalue weighted by Crippen LogP contribution is -2.44. The van der Waals surface area contributed by atoms with Gasteiger partial charge in [0.25, 0.3) is 0 Å². The van der Waals surface area contributed by atoms with Crippen LogP contribution in [-0.4, -0.2) is 19.4 Å². The summed E-state index contributed by atoms with van der Waals surface area (Å²) in [7, 11) is -11.9. The highest BCUT2D eigenvalue weighted by atomic mass is 32.3. The Labute approximate surface area is 80.1 Å². The Morgan fingerprint density at radius 1 is 0.800 bits per heavy atom. The lowest BCUT2D eigenvalue weighted by molar-refractivity contribution is -0.0441. The van der Waals surface area contributed by atoms with Crippen LogP contribution in [0.2, 0.25) is 0 Å². The summed E-state index contributed by atoms with van der Waals surface area (Å²) < 4.78 is 102. The molecular weight excluding hydrogens is 276 g/mol. The van der Waals surface area contributed by atoms with Gasteiger partial charge in [-0.05, 0) is 0 Å². The lowest BCUT2D eigenvalue weighted by atomic mass is 11.6. The van der Waals surface area contributed by atoms with Gasteiger partial charge < -0.3 is 0 Å². The van der Waals surface area contributed by atoms with E-state index in [0.29, 0.717) is 0 Å². The molecule has 0 atom stereocenters. The van der Waals surface area contributed by atoms with Crippen molar-refractivity contribution in [1.29, 1.82) is 9.56 Å². The van der Waals surface area contributed by atoms with Crippen LogP contribution in [0.1, 0.15) is 0 Å². The van der Waals surface area contributed by atoms with Gasteiger partial charge in [0.15, 0.2) is 0 Å². The fraction of sp³-hybridized carbons (Fsp3) is 1.00. The summed E-state index contributed by atoms with van der Waals surface area (Å²) in [5, 5.41) is 0. The summed E-state index contributed by atoms with van der Waals surface area (Å²) in [5.41, 5.74) is -11.7. The zero-order chi connectivity index (χ0) is 12.7. The first-order valence-corrected chi connectivity index (χ1v) is 5.81. The first kappa shape index (κ1) is 14.4. The van der Waals surface area contributed by atoms with Crippen LogP contribution in [0, 0.1) is 9.56 Å². The van der Waals surface area contributed by atoms with Crippen molar-refractivity contribution in [2.45, 2.75) is 11.0 Å². The van der Waals surface area contributed by atoms with Crippen LogP contribution in [0.4, 0.5) is 26.3 Å². The molecule has 3 N–H and O–H groups in total. The predicted molar refractivity (Wildman–Crippen MR) is 37.0 cm³/mol. The van der Waals surface area contributed by atoms with Crippen LogP contribution in [0.5, 0.6) is 0 Å². The molecule has 0 amide bonds. The number of halogens is 6. The second kappa shape index (κ2) is 3.48. The summed E-state index contributed by atoms with van der Waals surface area (Å²) in [6, 6.07) is 0. The number of alkyl halides is 6. The van der Waals surface area contributed by atoms with E-state index in [1.807, 2.05) is 0 Å². The maximum atomic E-state index is 11.7. The Bertz CT molecular complexity index is 386. The number of hydrogen-bond acceptors (Lipinski definition) is 4. The third-order valence-electron chi connectivity index (χ3n) is 0.887. The van der Waals surface area contributed by atoms with E-state index in [-0.39, 0.29) is 4.13 Å². The van der Waals surface area contributed by atoms with Gasteiger partial charge in [-0.25, -0.2) is 18.0 Å². The minimum Gasteiger partial charge on any atom is -0.232 e. The summed E-state index contributed by atoms with van der Waals surface area (Å²) in [4.78, 5) is 0. The van der Waals surface area contributed by atoms with Gasteiger partial charge in [0, 0.05) is 0 Å². The number of nitrogens with one attached hydrogen (secondary N) is 3. The summed E-state index contributed by atoms with van der Waals surface area (Å²) in [6.45, 7) is 0. The van der Waals surface area contributed by atoms with Crippen molar-refractivity contribution in [3.8, 4) is 0 Å². The van der Waals surface area contributed by atoms with Crippen LogP contribution in [0.25, 0.3) is 0 Å². The van der Waals surface area contributed by atoms with Crippen molar-refractivity contribution in [2.75, 3.05) is 0 Å². The van der Waals surface area contributed by atoms with Crippen LogP contribution in [-0.2, 0) is 19.8 Å². The van der Waals surface area contributed by atoms with Crippen molar-refractivity contribution in [3.63, 3.8) is 0 Å². The van der Waals surface area contributed by atoms with E-state index in [1.165, 1.54) is 0 Å². The first-order chi connectivity index (χ1) is 6.21. The Balaban J connectivity index is 5.28. The molecule has 0 aliphatic heterocycles. The van der Waals surface area contributed by atoms with Crippen molar-refractivity contribution >= 4 is 19.8 Å².